The van der Waals surface area contributed by atoms with E-state index in [-0.39, 0.29) is 11.8 Å². The number of carboxylic acids is 1. The molecule has 104 valence electrons. The van der Waals surface area contributed by atoms with Gasteiger partial charge in [0.15, 0.2) is 0 Å². The third-order valence-electron chi connectivity index (χ3n) is 3.39. The molecule has 0 unspecified atom stereocenters. The number of aromatic hydroxyl groups is 2. The van der Waals surface area contributed by atoms with Crippen molar-refractivity contribution in [1.29, 1.82) is 0 Å². The van der Waals surface area contributed by atoms with Crippen LogP contribution in [0.25, 0.3) is 0 Å². The summed E-state index contributed by atoms with van der Waals surface area (Å²) >= 11 is 0. The first-order valence-corrected chi connectivity index (χ1v) is 6.03. The van der Waals surface area contributed by atoms with Crippen molar-refractivity contribution >= 4 is 11.9 Å². The van der Waals surface area contributed by atoms with E-state index in [1.807, 2.05) is 0 Å². The van der Waals surface area contributed by atoms with E-state index in [0.29, 0.717) is 30.4 Å². The second kappa shape index (κ2) is 5.21. The molecule has 3 N–H and O–H groups in total. The molecular weight excluding hydrogens is 254 g/mol. The van der Waals surface area contributed by atoms with Crippen LogP contribution in [0.4, 0.5) is 0 Å². The Morgan fingerprint density at radius 1 is 1.05 bits per heavy atom. The minimum absolute atomic E-state index is 0.370. The molecule has 7 nitrogen and oxygen atoms in total. The molecule has 1 aromatic rings. The van der Waals surface area contributed by atoms with Crippen molar-refractivity contribution in [3.8, 4) is 11.8 Å². The van der Waals surface area contributed by atoms with Crippen LogP contribution in [0.5, 0.6) is 11.8 Å². The highest BCUT2D eigenvalue weighted by Gasteiger charge is 2.31. The van der Waals surface area contributed by atoms with Gasteiger partial charge in [0.2, 0.25) is 11.8 Å². The zero-order valence-corrected chi connectivity index (χ0v) is 10.2. The Labute approximate surface area is 109 Å². The second-order valence-corrected chi connectivity index (χ2v) is 4.64. The number of carbonyl (C=O) groups excluding carboxylic acids is 1. The highest BCUT2D eigenvalue weighted by atomic mass is 16.7. The molecule has 0 aliphatic heterocycles. The molecule has 0 bridgehead atoms. The summed E-state index contributed by atoms with van der Waals surface area (Å²) < 4.78 is 0.644. The lowest BCUT2D eigenvalue weighted by atomic mass is 9.82. The zero-order chi connectivity index (χ0) is 14.0. The van der Waals surface area contributed by atoms with E-state index in [0.717, 1.165) is 0 Å². The van der Waals surface area contributed by atoms with Gasteiger partial charge in [-0.15, -0.1) is 4.73 Å². The van der Waals surface area contributed by atoms with E-state index >= 15 is 0 Å². The maximum absolute atomic E-state index is 11.8. The van der Waals surface area contributed by atoms with Gasteiger partial charge >= 0.3 is 11.9 Å². The van der Waals surface area contributed by atoms with E-state index in [2.05, 4.69) is 0 Å². The number of carboxylic acid groups (broad SMARTS) is 1. The van der Waals surface area contributed by atoms with Crippen LogP contribution in [0.2, 0.25) is 0 Å². The largest absolute Gasteiger partial charge is 0.492 e. The molecule has 1 heterocycles. The summed E-state index contributed by atoms with van der Waals surface area (Å²) in [6.45, 7) is 0. The first kappa shape index (κ1) is 13.3. The summed E-state index contributed by atoms with van der Waals surface area (Å²) in [5, 5.41) is 27.5. The Hall–Kier alpha value is -2.18. The normalized spacial score (nSPS) is 22.9. The minimum Gasteiger partial charge on any atom is -0.492 e. The number of carbonyl (C=O) groups is 2. The molecule has 0 spiro atoms. The van der Waals surface area contributed by atoms with Gasteiger partial charge in [0.1, 0.15) is 0 Å². The zero-order valence-electron chi connectivity index (χ0n) is 10.2. The molecule has 19 heavy (non-hydrogen) atoms. The summed E-state index contributed by atoms with van der Waals surface area (Å²) in [5.41, 5.74) is 0. The van der Waals surface area contributed by atoms with Crippen LogP contribution < -0.4 is 4.84 Å². The lowest BCUT2D eigenvalue weighted by Gasteiger charge is -2.24. The van der Waals surface area contributed by atoms with Crippen molar-refractivity contribution in [2.24, 2.45) is 11.8 Å². The standard InChI is InChI=1S/C12H15NO6/c14-9-5-6-10(15)13(9)19-12(18)8-3-1-7(2-4-8)11(16)17/h5-8,14-15H,1-4H2,(H,16,17). The Bertz CT molecular complexity index is 467. The summed E-state index contributed by atoms with van der Waals surface area (Å²) in [4.78, 5) is 27.5. The first-order chi connectivity index (χ1) is 8.99. The molecular formula is C12H15NO6. The van der Waals surface area contributed by atoms with Gasteiger partial charge < -0.3 is 20.2 Å². The fraction of sp³-hybridized carbons (Fsp3) is 0.500. The minimum atomic E-state index is -0.840. The number of hydrogen-bond donors (Lipinski definition) is 3. The van der Waals surface area contributed by atoms with Crippen molar-refractivity contribution in [3.05, 3.63) is 12.1 Å². The van der Waals surface area contributed by atoms with Crippen LogP contribution in [-0.2, 0) is 9.59 Å². The van der Waals surface area contributed by atoms with Crippen LogP contribution in [0, 0.1) is 11.8 Å². The fourth-order valence-electron chi connectivity index (χ4n) is 2.24. The Morgan fingerprint density at radius 3 is 2.00 bits per heavy atom. The molecule has 0 atom stereocenters. The van der Waals surface area contributed by atoms with Crippen molar-refractivity contribution < 1.29 is 29.7 Å². The SMILES string of the molecule is O=C(O)C1CCC(C(=O)On2c(O)ccc2O)CC1. The van der Waals surface area contributed by atoms with E-state index < -0.39 is 23.8 Å². The molecule has 1 saturated carbocycles. The Kier molecular flexibility index (Phi) is 3.64. The highest BCUT2D eigenvalue weighted by Crippen LogP contribution is 2.30. The van der Waals surface area contributed by atoms with E-state index in [9.17, 15) is 19.8 Å². The van der Waals surface area contributed by atoms with Gasteiger partial charge in [-0.2, -0.15) is 0 Å². The van der Waals surface area contributed by atoms with Crippen LogP contribution >= 0.6 is 0 Å². The molecule has 1 aromatic heterocycles. The van der Waals surface area contributed by atoms with E-state index in [1.54, 1.807) is 0 Å². The van der Waals surface area contributed by atoms with Crippen LogP contribution in [0.1, 0.15) is 25.7 Å². The van der Waals surface area contributed by atoms with Gasteiger partial charge in [-0.3, -0.25) is 4.79 Å². The van der Waals surface area contributed by atoms with Gasteiger partial charge in [0.25, 0.3) is 0 Å². The number of aliphatic carboxylic acids is 1. The summed E-state index contributed by atoms with van der Waals surface area (Å²) in [6, 6.07) is 2.40. The second-order valence-electron chi connectivity index (χ2n) is 4.64. The number of aromatic nitrogens is 1. The van der Waals surface area contributed by atoms with Gasteiger partial charge in [-0.1, -0.05) is 0 Å². The lowest BCUT2D eigenvalue weighted by Crippen LogP contribution is -2.31. The van der Waals surface area contributed by atoms with Crippen molar-refractivity contribution in [1.82, 2.24) is 4.73 Å². The molecule has 1 aliphatic rings. The predicted molar refractivity (Wildman–Crippen MR) is 62.4 cm³/mol. The van der Waals surface area contributed by atoms with Gasteiger partial charge in [0.05, 0.1) is 11.8 Å². The molecule has 0 saturated heterocycles. The molecule has 1 aliphatic carbocycles. The molecule has 2 rings (SSSR count). The van der Waals surface area contributed by atoms with E-state index in [1.165, 1.54) is 12.1 Å². The smallest absolute Gasteiger partial charge is 0.336 e. The highest BCUT2D eigenvalue weighted by molar-refractivity contribution is 5.74. The Morgan fingerprint density at radius 2 is 1.53 bits per heavy atom. The third kappa shape index (κ3) is 2.81. The van der Waals surface area contributed by atoms with Crippen LogP contribution in [-0.4, -0.2) is 32.0 Å². The first-order valence-electron chi connectivity index (χ1n) is 6.03. The molecule has 0 radical (unpaired) electrons. The molecule has 1 fully saturated rings. The third-order valence-corrected chi connectivity index (χ3v) is 3.39. The summed E-state index contributed by atoms with van der Waals surface area (Å²) in [7, 11) is 0. The van der Waals surface area contributed by atoms with Crippen molar-refractivity contribution in [2.75, 3.05) is 0 Å². The van der Waals surface area contributed by atoms with Gasteiger partial charge in [0, 0.05) is 12.1 Å². The quantitative estimate of drug-likeness (QED) is 0.747. The number of hydrogen-bond acceptors (Lipinski definition) is 5. The maximum Gasteiger partial charge on any atom is 0.336 e. The van der Waals surface area contributed by atoms with Crippen LogP contribution in [0.3, 0.4) is 0 Å². The lowest BCUT2D eigenvalue weighted by molar-refractivity contribution is -0.154. The fourth-order valence-corrected chi connectivity index (χ4v) is 2.24. The van der Waals surface area contributed by atoms with Crippen molar-refractivity contribution in [2.45, 2.75) is 25.7 Å². The molecule has 7 heteroatoms. The summed E-state index contributed by atoms with van der Waals surface area (Å²) in [5.74, 6) is -2.97. The van der Waals surface area contributed by atoms with Gasteiger partial charge in [-0.25, -0.2) is 4.79 Å². The molecule has 0 amide bonds. The topological polar surface area (TPSA) is 109 Å². The number of nitrogens with zero attached hydrogens (tertiary/aromatic N) is 1. The maximum atomic E-state index is 11.8. The Balaban J connectivity index is 1.93. The van der Waals surface area contributed by atoms with Gasteiger partial charge in [-0.05, 0) is 25.7 Å². The summed E-state index contributed by atoms with van der Waals surface area (Å²) in [6.07, 6.45) is 1.72. The van der Waals surface area contributed by atoms with Crippen LogP contribution in [0.15, 0.2) is 12.1 Å². The monoisotopic (exact) mass is 269 g/mol. The molecule has 0 aromatic carbocycles. The average Bonchev–Trinajstić information content (AvgIpc) is 2.70. The average molecular weight is 269 g/mol. The predicted octanol–water partition coefficient (Wildman–Crippen LogP) is 0.745. The number of rotatable bonds is 3. The van der Waals surface area contributed by atoms with Crippen molar-refractivity contribution in [3.63, 3.8) is 0 Å². The van der Waals surface area contributed by atoms with E-state index in [4.69, 9.17) is 9.94 Å².